The van der Waals surface area contributed by atoms with Crippen LogP contribution in [0.2, 0.25) is 0 Å². The lowest BCUT2D eigenvalue weighted by molar-refractivity contribution is -0.276. The lowest BCUT2D eigenvalue weighted by Crippen LogP contribution is -2.39. The van der Waals surface area contributed by atoms with Gasteiger partial charge in [0.1, 0.15) is 0 Å². The van der Waals surface area contributed by atoms with Crippen molar-refractivity contribution < 1.29 is 24.2 Å². The second kappa shape index (κ2) is 15.1. The van der Waals surface area contributed by atoms with Crippen LogP contribution in [0.15, 0.2) is 79.1 Å². The summed E-state index contributed by atoms with van der Waals surface area (Å²) < 4.78 is 15.4. The molecular formula is C35H42N4O5. The van der Waals surface area contributed by atoms with E-state index in [0.29, 0.717) is 26.1 Å². The first-order valence-electron chi connectivity index (χ1n) is 15.4. The Bertz CT molecular complexity index is 1520. The Morgan fingerprint density at radius 3 is 2.36 bits per heavy atom. The molecule has 1 fully saturated rings. The fourth-order valence-corrected chi connectivity index (χ4v) is 5.61. The van der Waals surface area contributed by atoms with Gasteiger partial charge in [0.2, 0.25) is 11.8 Å². The normalized spacial score (nSPS) is 20.0. The number of hydrogen-bond acceptors (Lipinski definition) is 6. The molecule has 1 aromatic heterocycles. The molecule has 1 aliphatic heterocycles. The van der Waals surface area contributed by atoms with E-state index in [9.17, 15) is 14.7 Å². The number of fused-ring (bicyclic) bond motifs is 1. The number of nitrogens with zero attached hydrogens (tertiary/aromatic N) is 2. The molecule has 3 aromatic carbocycles. The van der Waals surface area contributed by atoms with E-state index < -0.39 is 6.29 Å². The Labute approximate surface area is 258 Å². The predicted molar refractivity (Wildman–Crippen MR) is 168 cm³/mol. The minimum atomic E-state index is -0.574. The van der Waals surface area contributed by atoms with Crippen LogP contribution in [-0.4, -0.2) is 39.1 Å². The number of aromatic nitrogens is 2. The average Bonchev–Trinajstić information content (AvgIpc) is 3.45. The van der Waals surface area contributed by atoms with Crippen molar-refractivity contribution in [2.24, 2.45) is 5.92 Å². The third-order valence-electron chi connectivity index (χ3n) is 8.22. The number of benzene rings is 3. The molecule has 1 aliphatic rings. The summed E-state index contributed by atoms with van der Waals surface area (Å²) >= 11 is 0. The maximum Gasteiger partial charge on any atom is 0.220 e. The molecule has 44 heavy (non-hydrogen) atoms. The molecule has 9 nitrogen and oxygen atoms in total. The van der Waals surface area contributed by atoms with E-state index in [1.807, 2.05) is 73.1 Å². The molecular weight excluding hydrogens is 556 g/mol. The highest BCUT2D eigenvalue weighted by atomic mass is 16.7. The van der Waals surface area contributed by atoms with Crippen LogP contribution in [0.1, 0.15) is 74.2 Å². The van der Waals surface area contributed by atoms with Crippen molar-refractivity contribution >= 4 is 22.8 Å². The number of aliphatic hydroxyl groups excluding tert-OH is 1. The standard InChI is InChI=1S/C35H42N4O5/c1-24-32(21-39-23-38-30-8-5-6-9-31(30)39)43-35(44-34(24)28-15-13-27(22-40)14-16-28)29-17-11-26(12-18-29)20-37-33(42)10-4-3-7-19-36-25(2)41/h5-6,8-9,11-18,23-24,32,34-35,40H,3-4,7,10,19-22H2,1-2H3,(H,36,41)(H,37,42). The molecule has 0 saturated carbocycles. The summed E-state index contributed by atoms with van der Waals surface area (Å²) in [7, 11) is 0. The van der Waals surface area contributed by atoms with Gasteiger partial charge in [-0.05, 0) is 41.7 Å². The Hall–Kier alpha value is -4.05. The van der Waals surface area contributed by atoms with Gasteiger partial charge in [0.15, 0.2) is 6.29 Å². The number of nitrogens with one attached hydrogen (secondary N) is 2. The van der Waals surface area contributed by atoms with Crippen molar-refractivity contribution in [1.82, 2.24) is 20.2 Å². The number of carbonyl (C=O) groups is 2. The molecule has 5 rings (SSSR count). The van der Waals surface area contributed by atoms with Crippen LogP contribution in [0.3, 0.4) is 0 Å². The smallest absolute Gasteiger partial charge is 0.220 e. The monoisotopic (exact) mass is 598 g/mol. The molecule has 4 aromatic rings. The average molecular weight is 599 g/mol. The number of hydrogen-bond donors (Lipinski definition) is 3. The fraction of sp³-hybridized carbons (Fsp3) is 0.400. The van der Waals surface area contributed by atoms with E-state index in [0.717, 1.165) is 52.5 Å². The summed E-state index contributed by atoms with van der Waals surface area (Å²) in [6.45, 7) is 5.38. The van der Waals surface area contributed by atoms with Gasteiger partial charge in [0.05, 0.1) is 42.7 Å². The van der Waals surface area contributed by atoms with E-state index in [1.54, 1.807) is 0 Å². The van der Waals surface area contributed by atoms with Gasteiger partial charge in [-0.2, -0.15) is 0 Å². The van der Waals surface area contributed by atoms with Crippen LogP contribution in [0.25, 0.3) is 11.0 Å². The maximum absolute atomic E-state index is 12.3. The van der Waals surface area contributed by atoms with Crippen molar-refractivity contribution in [2.45, 2.75) is 77.7 Å². The summed E-state index contributed by atoms with van der Waals surface area (Å²) in [6, 6.07) is 24.0. The highest BCUT2D eigenvalue weighted by molar-refractivity contribution is 5.76. The van der Waals surface area contributed by atoms with Crippen LogP contribution in [0, 0.1) is 5.92 Å². The number of carbonyl (C=O) groups excluding carboxylic acids is 2. The number of rotatable bonds is 13. The maximum atomic E-state index is 12.3. The van der Waals surface area contributed by atoms with Crippen molar-refractivity contribution in [3.8, 4) is 0 Å². The quantitative estimate of drug-likeness (QED) is 0.179. The first kappa shape index (κ1) is 31.4. The molecule has 1 saturated heterocycles. The van der Waals surface area contributed by atoms with Crippen LogP contribution < -0.4 is 10.6 Å². The third kappa shape index (κ3) is 8.11. The summed E-state index contributed by atoms with van der Waals surface area (Å²) in [4.78, 5) is 27.8. The van der Waals surface area contributed by atoms with E-state index in [-0.39, 0.29) is 36.5 Å². The summed E-state index contributed by atoms with van der Waals surface area (Å²) in [5, 5.41) is 15.3. The van der Waals surface area contributed by atoms with Gasteiger partial charge in [-0.15, -0.1) is 0 Å². The Kier molecular flexibility index (Phi) is 10.8. The molecule has 0 radical (unpaired) electrons. The second-order valence-corrected chi connectivity index (χ2v) is 11.5. The van der Waals surface area contributed by atoms with Crippen molar-refractivity contribution in [1.29, 1.82) is 0 Å². The molecule has 232 valence electrons. The Morgan fingerprint density at radius 1 is 0.886 bits per heavy atom. The molecule has 4 unspecified atom stereocenters. The number of para-hydroxylation sites is 2. The first-order chi connectivity index (χ1) is 21.4. The zero-order chi connectivity index (χ0) is 30.9. The van der Waals surface area contributed by atoms with Gasteiger partial charge >= 0.3 is 0 Å². The topological polar surface area (TPSA) is 115 Å². The zero-order valence-corrected chi connectivity index (χ0v) is 25.4. The molecule has 2 heterocycles. The largest absolute Gasteiger partial charge is 0.392 e. The van der Waals surface area contributed by atoms with E-state index in [1.165, 1.54) is 6.92 Å². The fourth-order valence-electron chi connectivity index (χ4n) is 5.61. The van der Waals surface area contributed by atoms with Gasteiger partial charge in [-0.1, -0.05) is 74.0 Å². The van der Waals surface area contributed by atoms with Crippen LogP contribution in [0.5, 0.6) is 0 Å². The SMILES string of the molecule is CC(=O)NCCCCCC(=O)NCc1ccc(C2OC(Cn3cnc4ccccc43)C(C)C(c3ccc(CO)cc3)O2)cc1. The minimum Gasteiger partial charge on any atom is -0.392 e. The molecule has 9 heteroatoms. The third-order valence-corrected chi connectivity index (χ3v) is 8.22. The number of ether oxygens (including phenoxy) is 2. The molecule has 3 N–H and O–H groups in total. The molecule has 2 amide bonds. The van der Waals surface area contributed by atoms with Crippen LogP contribution >= 0.6 is 0 Å². The molecule has 4 atom stereocenters. The number of amides is 2. The summed E-state index contributed by atoms with van der Waals surface area (Å²) in [5.41, 5.74) is 5.81. The van der Waals surface area contributed by atoms with E-state index >= 15 is 0 Å². The predicted octanol–water partition coefficient (Wildman–Crippen LogP) is 5.33. The van der Waals surface area contributed by atoms with Gasteiger partial charge in [-0.25, -0.2) is 4.98 Å². The van der Waals surface area contributed by atoms with Crippen molar-refractivity contribution in [2.75, 3.05) is 6.54 Å². The summed E-state index contributed by atoms with van der Waals surface area (Å²) in [5.74, 6) is 0.0417. The summed E-state index contributed by atoms with van der Waals surface area (Å²) in [6.07, 6.45) is 3.96. The number of unbranched alkanes of at least 4 members (excludes halogenated alkanes) is 2. The molecule has 0 aliphatic carbocycles. The Balaban J connectivity index is 1.23. The van der Waals surface area contributed by atoms with Crippen molar-refractivity contribution in [3.63, 3.8) is 0 Å². The van der Waals surface area contributed by atoms with Crippen LogP contribution in [0.4, 0.5) is 0 Å². The Morgan fingerprint density at radius 2 is 1.61 bits per heavy atom. The van der Waals surface area contributed by atoms with Gasteiger partial charge in [0, 0.05) is 37.9 Å². The van der Waals surface area contributed by atoms with Crippen molar-refractivity contribution in [3.05, 3.63) is 101 Å². The molecule has 0 spiro atoms. The highest BCUT2D eigenvalue weighted by Crippen LogP contribution is 2.42. The minimum absolute atomic E-state index is 0.00381. The van der Waals surface area contributed by atoms with Gasteiger partial charge in [-0.3, -0.25) is 9.59 Å². The number of imidazole rings is 1. The lowest BCUT2D eigenvalue weighted by Gasteiger charge is -2.41. The second-order valence-electron chi connectivity index (χ2n) is 11.5. The first-order valence-corrected chi connectivity index (χ1v) is 15.4. The highest BCUT2D eigenvalue weighted by Gasteiger charge is 2.38. The number of aliphatic hydroxyl groups is 1. The van der Waals surface area contributed by atoms with Gasteiger partial charge < -0.3 is 29.8 Å². The van der Waals surface area contributed by atoms with Gasteiger partial charge in [0.25, 0.3) is 0 Å². The van der Waals surface area contributed by atoms with E-state index in [4.69, 9.17) is 9.47 Å². The molecule has 0 bridgehead atoms. The zero-order valence-electron chi connectivity index (χ0n) is 25.4. The van der Waals surface area contributed by atoms with E-state index in [2.05, 4.69) is 33.2 Å². The van der Waals surface area contributed by atoms with Crippen LogP contribution in [-0.2, 0) is 38.8 Å². The lowest BCUT2D eigenvalue weighted by atomic mass is 9.90.